The summed E-state index contributed by atoms with van der Waals surface area (Å²) >= 11 is 2.15. The lowest BCUT2D eigenvalue weighted by Gasteiger charge is -2.24. The number of amides is 1. The van der Waals surface area contributed by atoms with Crippen molar-refractivity contribution in [1.29, 1.82) is 0 Å². The number of halogens is 1. The third kappa shape index (κ3) is 6.73. The Bertz CT molecular complexity index is 1210. The van der Waals surface area contributed by atoms with Gasteiger partial charge in [0.2, 0.25) is 5.91 Å². The molecule has 0 saturated heterocycles. The number of hydrogen-bond donors (Lipinski definition) is 1. The topological polar surface area (TPSA) is 75.7 Å². The molecule has 3 rings (SSSR count). The summed E-state index contributed by atoms with van der Waals surface area (Å²) in [5.74, 6) is 0.363. The van der Waals surface area contributed by atoms with E-state index in [9.17, 15) is 13.2 Å². The van der Waals surface area contributed by atoms with E-state index in [2.05, 4.69) is 48.7 Å². The van der Waals surface area contributed by atoms with E-state index in [1.54, 1.807) is 30.3 Å². The zero-order valence-electron chi connectivity index (χ0n) is 19.5. The van der Waals surface area contributed by atoms with Crippen LogP contribution in [0.3, 0.4) is 0 Å². The monoisotopic (exact) mass is 592 g/mol. The number of para-hydroxylation sites is 1. The van der Waals surface area contributed by atoms with Gasteiger partial charge in [-0.2, -0.15) is 0 Å². The molecule has 3 aromatic carbocycles. The Balaban J connectivity index is 1.68. The van der Waals surface area contributed by atoms with Crippen LogP contribution in [0.4, 0.5) is 5.69 Å². The summed E-state index contributed by atoms with van der Waals surface area (Å²) in [5.41, 5.74) is 1.44. The van der Waals surface area contributed by atoms with Gasteiger partial charge < -0.3 is 10.1 Å². The minimum atomic E-state index is -3.92. The van der Waals surface area contributed by atoms with Crippen molar-refractivity contribution >= 4 is 44.2 Å². The first-order valence-electron chi connectivity index (χ1n) is 10.9. The van der Waals surface area contributed by atoms with Crippen molar-refractivity contribution in [2.24, 2.45) is 0 Å². The maximum Gasteiger partial charge on any atom is 0.264 e. The molecule has 0 bridgehead atoms. The van der Waals surface area contributed by atoms with Crippen LogP contribution in [0.1, 0.15) is 26.3 Å². The molecule has 0 aromatic heterocycles. The van der Waals surface area contributed by atoms with Crippen molar-refractivity contribution in [2.45, 2.75) is 31.1 Å². The van der Waals surface area contributed by atoms with Crippen LogP contribution in [0.2, 0.25) is 0 Å². The number of nitrogens with zero attached hydrogens (tertiary/aromatic N) is 1. The van der Waals surface area contributed by atoms with Crippen molar-refractivity contribution in [1.82, 2.24) is 5.32 Å². The summed E-state index contributed by atoms with van der Waals surface area (Å²) in [4.78, 5) is 12.9. The molecule has 0 fully saturated rings. The van der Waals surface area contributed by atoms with Crippen molar-refractivity contribution < 1.29 is 17.9 Å². The SMILES string of the molecule is CC(C)(C)c1ccccc1OCCNC(=O)CN(c1ccc(I)cc1)S(=O)(=O)c1ccccc1. The summed E-state index contributed by atoms with van der Waals surface area (Å²) in [6.45, 7) is 6.53. The first kappa shape index (κ1) is 26.0. The van der Waals surface area contributed by atoms with Crippen molar-refractivity contribution in [2.75, 3.05) is 24.0 Å². The smallest absolute Gasteiger partial charge is 0.264 e. The fourth-order valence-electron chi connectivity index (χ4n) is 3.39. The van der Waals surface area contributed by atoms with E-state index in [0.717, 1.165) is 19.2 Å². The van der Waals surface area contributed by atoms with Crippen LogP contribution in [-0.2, 0) is 20.2 Å². The van der Waals surface area contributed by atoms with E-state index in [4.69, 9.17) is 4.74 Å². The largest absolute Gasteiger partial charge is 0.491 e. The molecule has 0 unspecified atom stereocenters. The third-order valence-electron chi connectivity index (χ3n) is 5.11. The van der Waals surface area contributed by atoms with Gasteiger partial charge in [-0.1, -0.05) is 57.2 Å². The lowest BCUT2D eigenvalue weighted by molar-refractivity contribution is -0.119. The molecule has 0 atom stereocenters. The van der Waals surface area contributed by atoms with Crippen LogP contribution in [0.15, 0.2) is 83.8 Å². The molecular weight excluding hydrogens is 563 g/mol. The van der Waals surface area contributed by atoms with Crippen LogP contribution in [-0.4, -0.2) is 34.0 Å². The van der Waals surface area contributed by atoms with E-state index in [-0.39, 0.29) is 30.0 Å². The second kappa shape index (κ2) is 11.2. The van der Waals surface area contributed by atoms with E-state index < -0.39 is 15.9 Å². The minimum absolute atomic E-state index is 0.0698. The highest BCUT2D eigenvalue weighted by Crippen LogP contribution is 2.30. The predicted molar refractivity (Wildman–Crippen MR) is 144 cm³/mol. The second-order valence-electron chi connectivity index (χ2n) is 8.75. The molecule has 0 spiro atoms. The van der Waals surface area contributed by atoms with E-state index in [0.29, 0.717) is 5.69 Å². The van der Waals surface area contributed by atoms with E-state index in [1.807, 2.05) is 36.4 Å². The highest BCUT2D eigenvalue weighted by atomic mass is 127. The Hall–Kier alpha value is -2.59. The lowest BCUT2D eigenvalue weighted by Crippen LogP contribution is -2.42. The first-order valence-corrected chi connectivity index (χ1v) is 13.4. The number of hydrogen-bond acceptors (Lipinski definition) is 4. The van der Waals surface area contributed by atoms with Gasteiger partial charge in [0, 0.05) is 3.57 Å². The van der Waals surface area contributed by atoms with Gasteiger partial charge in [0.15, 0.2) is 0 Å². The quantitative estimate of drug-likeness (QED) is 0.281. The zero-order chi connectivity index (χ0) is 24.8. The predicted octanol–water partition coefficient (Wildman–Crippen LogP) is 4.98. The van der Waals surface area contributed by atoms with Gasteiger partial charge in [0.05, 0.1) is 17.1 Å². The molecular formula is C26H29IN2O4S. The number of ether oxygens (including phenoxy) is 1. The molecule has 0 radical (unpaired) electrons. The van der Waals surface area contributed by atoms with Gasteiger partial charge in [-0.15, -0.1) is 0 Å². The molecule has 8 heteroatoms. The molecule has 0 aliphatic carbocycles. The Morgan fingerprint density at radius 1 is 0.941 bits per heavy atom. The molecule has 3 aromatic rings. The first-order chi connectivity index (χ1) is 16.1. The van der Waals surface area contributed by atoms with Crippen molar-refractivity contribution in [3.05, 3.63) is 88.0 Å². The van der Waals surface area contributed by atoms with Gasteiger partial charge in [0.25, 0.3) is 10.0 Å². The highest BCUT2D eigenvalue weighted by molar-refractivity contribution is 14.1. The molecule has 1 N–H and O–H groups in total. The van der Waals surface area contributed by atoms with Crippen LogP contribution in [0.25, 0.3) is 0 Å². The normalized spacial score (nSPS) is 11.6. The third-order valence-corrected chi connectivity index (χ3v) is 7.62. The maximum absolute atomic E-state index is 13.3. The average Bonchev–Trinajstić information content (AvgIpc) is 2.81. The number of carbonyl (C=O) groups is 1. The summed E-state index contributed by atoms with van der Waals surface area (Å²) in [5, 5.41) is 2.77. The molecule has 1 amide bonds. The summed E-state index contributed by atoms with van der Waals surface area (Å²) in [6, 6.07) is 22.9. The van der Waals surface area contributed by atoms with Crippen LogP contribution in [0, 0.1) is 3.57 Å². The Morgan fingerprint density at radius 3 is 2.21 bits per heavy atom. The van der Waals surface area contributed by atoms with E-state index >= 15 is 0 Å². The molecule has 180 valence electrons. The Morgan fingerprint density at radius 2 is 1.56 bits per heavy atom. The van der Waals surface area contributed by atoms with Gasteiger partial charge >= 0.3 is 0 Å². The second-order valence-corrected chi connectivity index (χ2v) is 11.9. The van der Waals surface area contributed by atoms with Gasteiger partial charge in [-0.05, 0) is 76.0 Å². The Kier molecular flexibility index (Phi) is 8.59. The minimum Gasteiger partial charge on any atom is -0.491 e. The molecule has 0 aliphatic heterocycles. The van der Waals surface area contributed by atoms with E-state index in [1.165, 1.54) is 12.1 Å². The van der Waals surface area contributed by atoms with Crippen molar-refractivity contribution in [3.8, 4) is 5.75 Å². The fraction of sp³-hybridized carbons (Fsp3) is 0.269. The maximum atomic E-state index is 13.3. The molecule has 0 saturated carbocycles. The van der Waals surface area contributed by atoms with Gasteiger partial charge in [-0.3, -0.25) is 9.10 Å². The molecule has 0 aliphatic rings. The Labute approximate surface area is 215 Å². The number of anilines is 1. The van der Waals surface area contributed by atoms with Gasteiger partial charge in [0.1, 0.15) is 18.9 Å². The lowest BCUT2D eigenvalue weighted by atomic mass is 9.86. The number of carbonyl (C=O) groups excluding carboxylic acids is 1. The van der Waals surface area contributed by atoms with Crippen molar-refractivity contribution in [3.63, 3.8) is 0 Å². The zero-order valence-corrected chi connectivity index (χ0v) is 22.5. The highest BCUT2D eigenvalue weighted by Gasteiger charge is 2.27. The fourth-order valence-corrected chi connectivity index (χ4v) is 5.19. The number of rotatable bonds is 9. The number of benzene rings is 3. The number of sulfonamides is 1. The summed E-state index contributed by atoms with van der Waals surface area (Å²) in [7, 11) is -3.92. The molecule has 0 heterocycles. The van der Waals surface area contributed by atoms with Gasteiger partial charge in [-0.25, -0.2) is 8.42 Å². The standard InChI is InChI=1S/C26H29IN2O4S/c1-26(2,3)23-11-7-8-12-24(23)33-18-17-28-25(30)19-29(21-15-13-20(27)14-16-21)34(31,32)22-9-5-4-6-10-22/h4-16H,17-19H2,1-3H3,(H,28,30). The van der Waals surface area contributed by atoms with Crippen LogP contribution < -0.4 is 14.4 Å². The van der Waals surface area contributed by atoms with Crippen LogP contribution in [0.5, 0.6) is 5.75 Å². The average molecular weight is 592 g/mol. The summed E-state index contributed by atoms with van der Waals surface area (Å²) < 4.78 is 34.6. The summed E-state index contributed by atoms with van der Waals surface area (Å²) in [6.07, 6.45) is 0. The number of nitrogens with one attached hydrogen (secondary N) is 1. The molecule has 6 nitrogen and oxygen atoms in total. The van der Waals surface area contributed by atoms with Crippen LogP contribution >= 0.6 is 22.6 Å². The molecule has 34 heavy (non-hydrogen) atoms.